The number of amides is 1. The molecule has 0 spiro atoms. The molecule has 146 valence electrons. The van der Waals surface area contributed by atoms with Crippen LogP contribution in [-0.4, -0.2) is 10.5 Å². The first kappa shape index (κ1) is 18.2. The standard InChI is InChI=1S/C27H22N2O/c1-19(30)28-25-16-7-5-12-21(25)23-14-9-15-24-22-13-6-8-17-26(22)29(27(23)24)18-20-10-3-2-4-11-20/h2-17H,18H2,1H3,(H,28,30). The maximum Gasteiger partial charge on any atom is 0.221 e. The van der Waals surface area contributed by atoms with Crippen LogP contribution in [0.5, 0.6) is 0 Å². The summed E-state index contributed by atoms with van der Waals surface area (Å²) < 4.78 is 2.39. The fourth-order valence-electron chi connectivity index (χ4n) is 4.27. The number of aromatic nitrogens is 1. The number of carbonyl (C=O) groups excluding carboxylic acids is 1. The third-order valence-electron chi connectivity index (χ3n) is 5.50. The topological polar surface area (TPSA) is 34.0 Å². The van der Waals surface area contributed by atoms with Crippen LogP contribution in [0.25, 0.3) is 32.9 Å². The number of nitrogens with zero attached hydrogens (tertiary/aromatic N) is 1. The summed E-state index contributed by atoms with van der Waals surface area (Å²) in [5, 5.41) is 5.45. The van der Waals surface area contributed by atoms with Crippen LogP contribution >= 0.6 is 0 Å². The minimum absolute atomic E-state index is 0.0699. The number of nitrogens with one attached hydrogen (secondary N) is 1. The molecule has 1 heterocycles. The van der Waals surface area contributed by atoms with E-state index in [2.05, 4.69) is 82.7 Å². The molecular formula is C27H22N2O. The molecule has 0 saturated carbocycles. The third-order valence-corrected chi connectivity index (χ3v) is 5.50. The van der Waals surface area contributed by atoms with Gasteiger partial charge in [0.25, 0.3) is 0 Å². The molecule has 30 heavy (non-hydrogen) atoms. The highest BCUT2D eigenvalue weighted by molar-refractivity contribution is 6.13. The monoisotopic (exact) mass is 390 g/mol. The van der Waals surface area contributed by atoms with Gasteiger partial charge in [0.05, 0.1) is 5.52 Å². The molecule has 1 amide bonds. The summed E-state index contributed by atoms with van der Waals surface area (Å²) in [7, 11) is 0. The first-order chi connectivity index (χ1) is 14.7. The van der Waals surface area contributed by atoms with Crippen molar-refractivity contribution in [1.29, 1.82) is 0 Å². The van der Waals surface area contributed by atoms with Gasteiger partial charge in [-0.1, -0.05) is 84.9 Å². The predicted molar refractivity (Wildman–Crippen MR) is 125 cm³/mol. The molecule has 3 heteroatoms. The lowest BCUT2D eigenvalue weighted by Gasteiger charge is -2.14. The van der Waals surface area contributed by atoms with E-state index in [0.717, 1.165) is 23.4 Å². The Labute approximate surface area is 175 Å². The zero-order valence-electron chi connectivity index (χ0n) is 16.8. The lowest BCUT2D eigenvalue weighted by molar-refractivity contribution is -0.114. The lowest BCUT2D eigenvalue weighted by atomic mass is 10.00. The number of hydrogen-bond acceptors (Lipinski definition) is 1. The van der Waals surface area contributed by atoms with E-state index < -0.39 is 0 Å². The number of hydrogen-bond donors (Lipinski definition) is 1. The quantitative estimate of drug-likeness (QED) is 0.375. The molecule has 0 aliphatic carbocycles. The molecule has 0 unspecified atom stereocenters. The largest absolute Gasteiger partial charge is 0.335 e. The van der Waals surface area contributed by atoms with Crippen LogP contribution in [0.4, 0.5) is 5.69 Å². The lowest BCUT2D eigenvalue weighted by Crippen LogP contribution is -2.07. The van der Waals surface area contributed by atoms with E-state index in [1.807, 2.05) is 24.3 Å². The Bertz CT molecular complexity index is 1370. The van der Waals surface area contributed by atoms with Gasteiger partial charge < -0.3 is 9.88 Å². The third kappa shape index (κ3) is 3.15. The second-order valence-corrected chi connectivity index (χ2v) is 7.52. The molecule has 4 aromatic carbocycles. The number of rotatable bonds is 4. The molecule has 5 aromatic rings. The highest BCUT2D eigenvalue weighted by Crippen LogP contribution is 2.38. The van der Waals surface area contributed by atoms with Gasteiger partial charge in [0.15, 0.2) is 0 Å². The van der Waals surface area contributed by atoms with Gasteiger partial charge in [-0.05, 0) is 17.7 Å². The van der Waals surface area contributed by atoms with Crippen molar-refractivity contribution in [1.82, 2.24) is 4.57 Å². The van der Waals surface area contributed by atoms with Crippen molar-refractivity contribution in [2.45, 2.75) is 13.5 Å². The van der Waals surface area contributed by atoms with E-state index in [9.17, 15) is 4.79 Å². The van der Waals surface area contributed by atoms with Crippen LogP contribution in [0.1, 0.15) is 12.5 Å². The number of carbonyl (C=O) groups is 1. The van der Waals surface area contributed by atoms with Gasteiger partial charge >= 0.3 is 0 Å². The Morgan fingerprint density at radius 3 is 2.23 bits per heavy atom. The van der Waals surface area contributed by atoms with Gasteiger partial charge in [-0.3, -0.25) is 4.79 Å². The second kappa shape index (κ2) is 7.53. The zero-order valence-corrected chi connectivity index (χ0v) is 16.8. The van der Waals surface area contributed by atoms with E-state index in [1.54, 1.807) is 6.92 Å². The number of fused-ring (bicyclic) bond motifs is 3. The number of benzene rings is 4. The maximum absolute atomic E-state index is 11.8. The Hall–Kier alpha value is -3.85. The highest BCUT2D eigenvalue weighted by atomic mass is 16.1. The fraction of sp³-hybridized carbons (Fsp3) is 0.0741. The van der Waals surface area contributed by atoms with Crippen LogP contribution in [0, 0.1) is 0 Å². The summed E-state index contributed by atoms with van der Waals surface area (Å²) in [5.41, 5.74) is 6.61. The highest BCUT2D eigenvalue weighted by Gasteiger charge is 2.17. The molecule has 0 atom stereocenters. The van der Waals surface area contributed by atoms with Crippen molar-refractivity contribution in [3.8, 4) is 11.1 Å². The van der Waals surface area contributed by atoms with Gasteiger partial charge in [0.1, 0.15) is 0 Å². The van der Waals surface area contributed by atoms with Crippen molar-refractivity contribution < 1.29 is 4.79 Å². The van der Waals surface area contributed by atoms with Gasteiger partial charge in [-0.2, -0.15) is 0 Å². The molecule has 1 aromatic heterocycles. The Balaban J connectivity index is 1.82. The maximum atomic E-state index is 11.8. The van der Waals surface area contributed by atoms with Crippen molar-refractivity contribution >= 4 is 33.4 Å². The van der Waals surface area contributed by atoms with Gasteiger partial charge in [-0.25, -0.2) is 0 Å². The average molecular weight is 390 g/mol. The normalized spacial score (nSPS) is 11.1. The van der Waals surface area contributed by atoms with Crippen LogP contribution in [0.3, 0.4) is 0 Å². The van der Waals surface area contributed by atoms with Crippen LogP contribution < -0.4 is 5.32 Å². The summed E-state index contributed by atoms with van der Waals surface area (Å²) in [5.74, 6) is -0.0699. The molecule has 0 aliphatic rings. The molecule has 0 radical (unpaired) electrons. The molecule has 5 rings (SSSR count). The zero-order chi connectivity index (χ0) is 20.5. The van der Waals surface area contributed by atoms with E-state index in [0.29, 0.717) is 0 Å². The van der Waals surface area contributed by atoms with Gasteiger partial charge in [0, 0.05) is 46.6 Å². The fourth-order valence-corrected chi connectivity index (χ4v) is 4.27. The SMILES string of the molecule is CC(=O)Nc1ccccc1-c1cccc2c3ccccc3n(Cc3ccccc3)c12. The average Bonchev–Trinajstić information content (AvgIpc) is 3.09. The van der Waals surface area contributed by atoms with Crippen molar-refractivity contribution in [3.05, 3.63) is 103 Å². The molecule has 0 fully saturated rings. The number of anilines is 1. The van der Waals surface area contributed by atoms with E-state index in [1.165, 1.54) is 27.4 Å². The molecule has 0 saturated heterocycles. The summed E-state index contributed by atoms with van der Waals surface area (Å²) in [6.07, 6.45) is 0. The van der Waals surface area contributed by atoms with E-state index in [-0.39, 0.29) is 5.91 Å². The Kier molecular flexibility index (Phi) is 4.56. The van der Waals surface area contributed by atoms with Crippen molar-refractivity contribution in [3.63, 3.8) is 0 Å². The first-order valence-electron chi connectivity index (χ1n) is 10.1. The smallest absolute Gasteiger partial charge is 0.221 e. The molecule has 0 aliphatic heterocycles. The molecule has 1 N–H and O–H groups in total. The number of para-hydroxylation sites is 3. The second-order valence-electron chi connectivity index (χ2n) is 7.52. The molecular weight excluding hydrogens is 368 g/mol. The van der Waals surface area contributed by atoms with Crippen molar-refractivity contribution in [2.24, 2.45) is 0 Å². The summed E-state index contributed by atoms with van der Waals surface area (Å²) in [6.45, 7) is 2.33. The van der Waals surface area contributed by atoms with Crippen LogP contribution in [-0.2, 0) is 11.3 Å². The molecule has 0 bridgehead atoms. The van der Waals surface area contributed by atoms with Crippen LogP contribution in [0.15, 0.2) is 97.1 Å². The minimum atomic E-state index is -0.0699. The summed E-state index contributed by atoms with van der Waals surface area (Å²) in [4.78, 5) is 11.8. The van der Waals surface area contributed by atoms with Gasteiger partial charge in [0.2, 0.25) is 5.91 Å². The Morgan fingerprint density at radius 1 is 0.733 bits per heavy atom. The van der Waals surface area contributed by atoms with E-state index >= 15 is 0 Å². The molecule has 3 nitrogen and oxygen atoms in total. The van der Waals surface area contributed by atoms with Crippen molar-refractivity contribution in [2.75, 3.05) is 5.32 Å². The first-order valence-corrected chi connectivity index (χ1v) is 10.1. The van der Waals surface area contributed by atoms with Gasteiger partial charge in [-0.15, -0.1) is 0 Å². The van der Waals surface area contributed by atoms with Crippen LogP contribution in [0.2, 0.25) is 0 Å². The summed E-state index contributed by atoms with van der Waals surface area (Å²) >= 11 is 0. The Morgan fingerprint density at radius 2 is 1.40 bits per heavy atom. The predicted octanol–water partition coefficient (Wildman–Crippen LogP) is 6.47. The summed E-state index contributed by atoms with van der Waals surface area (Å²) in [6, 6.07) is 33.5. The minimum Gasteiger partial charge on any atom is -0.335 e. The van der Waals surface area contributed by atoms with E-state index in [4.69, 9.17) is 0 Å².